The molecule has 0 fully saturated rings. The quantitative estimate of drug-likeness (QED) is 0.155. The molecule has 0 atom stereocenters. The van der Waals surface area contributed by atoms with Gasteiger partial charge in [-0.15, -0.1) is 16.4 Å². The van der Waals surface area contributed by atoms with Crippen molar-refractivity contribution in [2.75, 3.05) is 14.7 Å². The Bertz CT molecular complexity index is 4260. The van der Waals surface area contributed by atoms with E-state index in [0.717, 1.165) is 84.0 Å². The van der Waals surface area contributed by atoms with Crippen molar-refractivity contribution in [1.82, 2.24) is 0 Å². The van der Waals surface area contributed by atoms with Gasteiger partial charge in [-0.1, -0.05) is 167 Å². The summed E-state index contributed by atoms with van der Waals surface area (Å²) in [5.74, 6) is 0. The van der Waals surface area contributed by atoms with Crippen LogP contribution in [0.1, 0.15) is 51.3 Å². The van der Waals surface area contributed by atoms with Gasteiger partial charge in [-0.2, -0.15) is 0 Å². The molecule has 3 aliphatic rings. The molecule has 2 aliphatic heterocycles. The SMILES string of the molecule is [B]c1c([B])c([B])c(N(c2ccc3c(c2)N(c2cccc4c2-c2ccccc2C4(C)C)c2cccc4c2B3c2ccccc2N4c2ccc3oc4ccccc4c3c2)c2ccc(C(C)(C)C)cc2-c2ccccc2)c([B])c1[B]. The number of hydrogen-bond donors (Lipinski definition) is 0. The maximum atomic E-state index is 7.20. The van der Waals surface area contributed by atoms with Crippen LogP contribution in [0, 0.1) is 0 Å². The third-order valence-corrected chi connectivity index (χ3v) is 16.7. The van der Waals surface area contributed by atoms with Crippen LogP contribution in [-0.2, 0) is 10.8 Å². The van der Waals surface area contributed by atoms with Crippen LogP contribution >= 0.6 is 0 Å². The van der Waals surface area contributed by atoms with E-state index in [2.05, 4.69) is 225 Å². The van der Waals surface area contributed by atoms with Crippen LogP contribution in [0.15, 0.2) is 199 Å². The van der Waals surface area contributed by atoms with Gasteiger partial charge in [0.2, 0.25) is 0 Å². The van der Waals surface area contributed by atoms with E-state index in [1.54, 1.807) is 0 Å². The first-order chi connectivity index (χ1) is 37.2. The second kappa shape index (κ2) is 17.1. The highest BCUT2D eigenvalue weighted by Gasteiger charge is 2.45. The first-order valence-corrected chi connectivity index (χ1v) is 26.3. The molecule has 354 valence electrons. The van der Waals surface area contributed by atoms with Crippen molar-refractivity contribution in [3.8, 4) is 22.3 Å². The van der Waals surface area contributed by atoms with E-state index in [9.17, 15) is 0 Å². The van der Waals surface area contributed by atoms with Gasteiger partial charge in [0.15, 0.2) is 0 Å². The first kappa shape index (κ1) is 47.3. The zero-order valence-electron chi connectivity index (χ0n) is 43.7. The van der Waals surface area contributed by atoms with Gasteiger partial charge in [0, 0.05) is 67.1 Å². The third-order valence-electron chi connectivity index (χ3n) is 16.7. The molecule has 3 heterocycles. The van der Waals surface area contributed by atoms with Crippen LogP contribution in [0.25, 0.3) is 44.2 Å². The number of benzene rings is 10. The Morgan fingerprint density at radius 1 is 0.481 bits per heavy atom. The van der Waals surface area contributed by atoms with Crippen LogP contribution in [0.3, 0.4) is 0 Å². The van der Waals surface area contributed by atoms with Gasteiger partial charge < -0.3 is 19.1 Å². The fraction of sp³-hybridized carbons (Fsp3) is 0.104. The average molecular weight is 975 g/mol. The van der Waals surface area contributed by atoms with Gasteiger partial charge in [0.05, 0.1) is 11.4 Å². The minimum Gasteiger partial charge on any atom is -0.456 e. The van der Waals surface area contributed by atoms with E-state index in [0.29, 0.717) is 5.69 Å². The molecule has 0 bridgehead atoms. The van der Waals surface area contributed by atoms with Crippen molar-refractivity contribution in [3.63, 3.8) is 0 Å². The standard InChI is InChI=1S/C67H47B6N3O/c1-66(2,3)39-29-33-50(44(35-39)38-17-7-6-8-18-38)75(65-62(71)60(69)59(68)61(70)63(65)72)41-30-32-49-55(37-41)76(52-25-15-22-47-58(52)43-20-9-11-21-46(43)67(47,4)5)54-27-16-26-53-64(54)73(49)48-23-12-13-24-51(48)74(53)40-31-34-57-45(36-40)42-19-10-14-28-56(42)77-57/h6-37H,1-5H3. The molecule has 0 unspecified atom stereocenters. The molecule has 1 aliphatic carbocycles. The maximum absolute atomic E-state index is 7.20. The second-order valence-electron chi connectivity index (χ2n) is 22.4. The van der Waals surface area contributed by atoms with Crippen molar-refractivity contribution < 1.29 is 4.42 Å². The third kappa shape index (κ3) is 6.93. The van der Waals surface area contributed by atoms with E-state index in [1.807, 2.05) is 18.2 Å². The first-order valence-electron chi connectivity index (χ1n) is 26.3. The molecule has 0 saturated heterocycles. The summed E-state index contributed by atoms with van der Waals surface area (Å²) in [5.41, 5.74) is 22.5. The molecule has 0 spiro atoms. The van der Waals surface area contributed by atoms with Gasteiger partial charge in [-0.05, 0) is 122 Å². The number of rotatable bonds is 6. The van der Waals surface area contributed by atoms with Crippen molar-refractivity contribution in [2.24, 2.45) is 0 Å². The molecule has 4 nitrogen and oxygen atoms in total. The fourth-order valence-electron chi connectivity index (χ4n) is 12.8. The van der Waals surface area contributed by atoms with Crippen molar-refractivity contribution in [2.45, 2.75) is 45.4 Å². The molecule has 10 radical (unpaired) electrons. The smallest absolute Gasteiger partial charge is 0.252 e. The van der Waals surface area contributed by atoms with Crippen LogP contribution in [-0.4, -0.2) is 45.9 Å². The van der Waals surface area contributed by atoms with E-state index in [-0.39, 0.29) is 44.9 Å². The van der Waals surface area contributed by atoms with Gasteiger partial charge >= 0.3 is 0 Å². The van der Waals surface area contributed by atoms with Crippen LogP contribution in [0.4, 0.5) is 51.2 Å². The van der Waals surface area contributed by atoms with Gasteiger partial charge in [0.25, 0.3) is 6.71 Å². The lowest BCUT2D eigenvalue weighted by molar-refractivity contribution is 0.590. The Kier molecular flexibility index (Phi) is 10.5. The number of para-hydroxylation sites is 2. The Labute approximate surface area is 457 Å². The summed E-state index contributed by atoms with van der Waals surface area (Å²) in [5, 5.41) is 2.16. The predicted octanol–water partition coefficient (Wildman–Crippen LogP) is 10.4. The zero-order chi connectivity index (χ0) is 52.8. The minimum absolute atomic E-state index is 0.156. The second-order valence-corrected chi connectivity index (χ2v) is 22.4. The predicted molar refractivity (Wildman–Crippen MR) is 331 cm³/mol. The molecule has 0 N–H and O–H groups in total. The number of hydrogen-bond acceptors (Lipinski definition) is 4. The monoisotopic (exact) mass is 975 g/mol. The molecule has 14 rings (SSSR count). The van der Waals surface area contributed by atoms with Crippen LogP contribution in [0.5, 0.6) is 0 Å². The van der Waals surface area contributed by atoms with Gasteiger partial charge in [0.1, 0.15) is 50.4 Å². The summed E-state index contributed by atoms with van der Waals surface area (Å²) >= 11 is 0. The summed E-state index contributed by atoms with van der Waals surface area (Å²) in [6.45, 7) is 11.2. The summed E-state index contributed by atoms with van der Waals surface area (Å²) < 4.78 is 6.37. The molecule has 11 aromatic rings. The molecular weight excluding hydrogens is 928 g/mol. The topological polar surface area (TPSA) is 22.9 Å². The number of anilines is 9. The summed E-state index contributed by atoms with van der Waals surface area (Å²) in [4.78, 5) is 7.07. The van der Waals surface area contributed by atoms with Crippen molar-refractivity contribution >= 4 is 163 Å². The Morgan fingerprint density at radius 2 is 1.10 bits per heavy atom. The Morgan fingerprint density at radius 3 is 1.90 bits per heavy atom. The molecule has 10 aromatic carbocycles. The summed E-state index contributed by atoms with van der Waals surface area (Å²) in [6, 6.07) is 70.0. The zero-order valence-corrected chi connectivity index (χ0v) is 43.7. The highest BCUT2D eigenvalue weighted by Crippen LogP contribution is 2.56. The van der Waals surface area contributed by atoms with E-state index < -0.39 is 0 Å². The summed E-state index contributed by atoms with van der Waals surface area (Å²) in [7, 11) is 34.6. The van der Waals surface area contributed by atoms with Crippen molar-refractivity contribution in [3.05, 3.63) is 211 Å². The van der Waals surface area contributed by atoms with E-state index in [1.165, 1.54) is 38.7 Å². The highest BCUT2D eigenvalue weighted by molar-refractivity contribution is 7.00. The molecular formula is C67H47B6N3O. The van der Waals surface area contributed by atoms with E-state index in [4.69, 9.17) is 43.6 Å². The molecule has 77 heavy (non-hydrogen) atoms. The fourth-order valence-corrected chi connectivity index (χ4v) is 12.8. The summed E-state index contributed by atoms with van der Waals surface area (Å²) in [6.07, 6.45) is 0. The van der Waals surface area contributed by atoms with Crippen LogP contribution in [0.2, 0.25) is 0 Å². The molecule has 0 amide bonds. The maximum Gasteiger partial charge on any atom is 0.252 e. The normalized spacial score (nSPS) is 13.8. The highest BCUT2D eigenvalue weighted by atomic mass is 16.3. The Hall–Kier alpha value is -8.21. The number of nitrogens with zero attached hydrogens (tertiary/aromatic N) is 3. The largest absolute Gasteiger partial charge is 0.456 e. The molecule has 10 heteroatoms. The number of furan rings is 1. The minimum atomic E-state index is -0.249. The van der Waals surface area contributed by atoms with Gasteiger partial charge in [-0.25, -0.2) is 0 Å². The lowest BCUT2D eigenvalue weighted by Crippen LogP contribution is -2.61. The van der Waals surface area contributed by atoms with Crippen molar-refractivity contribution in [1.29, 1.82) is 0 Å². The molecule has 0 saturated carbocycles. The Balaban J connectivity index is 1.07. The lowest BCUT2D eigenvalue weighted by atomic mass is 9.33. The molecule has 1 aromatic heterocycles. The lowest BCUT2D eigenvalue weighted by Gasteiger charge is -2.45. The number of fused-ring (bicyclic) bond motifs is 10. The van der Waals surface area contributed by atoms with Crippen LogP contribution < -0.4 is 58.4 Å². The average Bonchev–Trinajstić information content (AvgIpc) is 4.08. The van der Waals surface area contributed by atoms with Gasteiger partial charge in [-0.3, -0.25) is 0 Å². The van der Waals surface area contributed by atoms with E-state index >= 15 is 0 Å².